The fraction of sp³-hybridized carbons (Fsp3) is 0.0690. The summed E-state index contributed by atoms with van der Waals surface area (Å²) in [5.74, 6) is -0.528. The molecule has 1 aliphatic rings. The van der Waals surface area contributed by atoms with E-state index in [-0.39, 0.29) is 12.2 Å². The first-order valence-corrected chi connectivity index (χ1v) is 12.2. The van der Waals surface area contributed by atoms with Gasteiger partial charge in [-0.15, -0.1) is 0 Å². The predicted octanol–water partition coefficient (Wildman–Crippen LogP) is 5.86. The van der Waals surface area contributed by atoms with E-state index in [2.05, 4.69) is 21.2 Å². The Morgan fingerprint density at radius 3 is 2.46 bits per heavy atom. The standard InChI is InChI=1S/C29H21BrN2O5/c1-36-23-14-9-19(26(16-23)37-17-20-7-4-6-18-5-2-3-8-24(18)20)15-25-27(33)31-29(35)32(28(25)34)22-12-10-21(30)11-13-22/h2-16H,17H2,1H3,(H,31,33,35)/b25-15+. The number of nitrogens with one attached hydrogen (secondary N) is 1. The van der Waals surface area contributed by atoms with Crippen LogP contribution in [-0.2, 0) is 16.2 Å². The second-order valence-corrected chi connectivity index (χ2v) is 9.18. The zero-order chi connectivity index (χ0) is 25.9. The van der Waals surface area contributed by atoms with E-state index in [9.17, 15) is 14.4 Å². The lowest BCUT2D eigenvalue weighted by molar-refractivity contribution is -0.122. The predicted molar refractivity (Wildman–Crippen MR) is 144 cm³/mol. The number of ether oxygens (including phenoxy) is 2. The normalized spacial score (nSPS) is 14.7. The van der Waals surface area contributed by atoms with E-state index in [1.165, 1.54) is 6.08 Å². The Morgan fingerprint density at radius 1 is 0.919 bits per heavy atom. The number of methoxy groups -OCH3 is 1. The first-order chi connectivity index (χ1) is 17.9. The molecule has 0 aliphatic carbocycles. The number of barbiturate groups is 1. The average Bonchev–Trinajstić information content (AvgIpc) is 2.91. The molecule has 0 unspecified atom stereocenters. The van der Waals surface area contributed by atoms with Crippen LogP contribution in [0.5, 0.6) is 11.5 Å². The van der Waals surface area contributed by atoms with Crippen LogP contribution in [0.4, 0.5) is 10.5 Å². The van der Waals surface area contributed by atoms with Gasteiger partial charge in [-0.25, -0.2) is 9.69 Å². The summed E-state index contributed by atoms with van der Waals surface area (Å²) in [6, 6.07) is 24.9. The van der Waals surface area contributed by atoms with Gasteiger partial charge in [-0.3, -0.25) is 14.9 Å². The van der Waals surface area contributed by atoms with Crippen LogP contribution in [0, 0.1) is 0 Å². The minimum absolute atomic E-state index is 0.192. The molecule has 4 aromatic rings. The number of carbonyl (C=O) groups excluding carboxylic acids is 3. The van der Waals surface area contributed by atoms with Crippen molar-refractivity contribution in [3.05, 3.63) is 106 Å². The molecular formula is C29H21BrN2O5. The van der Waals surface area contributed by atoms with Gasteiger partial charge in [0.2, 0.25) is 0 Å². The van der Waals surface area contributed by atoms with E-state index in [1.807, 2.05) is 42.5 Å². The van der Waals surface area contributed by atoms with E-state index in [1.54, 1.807) is 49.6 Å². The minimum Gasteiger partial charge on any atom is -0.497 e. The zero-order valence-corrected chi connectivity index (χ0v) is 21.3. The van der Waals surface area contributed by atoms with E-state index in [0.29, 0.717) is 22.7 Å². The van der Waals surface area contributed by atoms with Gasteiger partial charge in [0, 0.05) is 16.1 Å². The highest BCUT2D eigenvalue weighted by molar-refractivity contribution is 9.10. The molecular weight excluding hydrogens is 536 g/mol. The van der Waals surface area contributed by atoms with Crippen LogP contribution in [0.15, 0.2) is 95.0 Å². The van der Waals surface area contributed by atoms with Crippen molar-refractivity contribution in [1.29, 1.82) is 0 Å². The largest absolute Gasteiger partial charge is 0.497 e. The van der Waals surface area contributed by atoms with Crippen LogP contribution in [0.25, 0.3) is 16.8 Å². The molecule has 0 aromatic heterocycles. The summed E-state index contributed by atoms with van der Waals surface area (Å²) in [6.07, 6.45) is 1.42. The lowest BCUT2D eigenvalue weighted by atomic mass is 10.0. The molecule has 1 fully saturated rings. The molecule has 184 valence electrons. The number of benzene rings is 4. The Morgan fingerprint density at radius 2 is 1.68 bits per heavy atom. The molecule has 0 radical (unpaired) electrons. The molecule has 4 aromatic carbocycles. The summed E-state index contributed by atoms with van der Waals surface area (Å²) in [5, 5.41) is 4.41. The van der Waals surface area contributed by atoms with E-state index >= 15 is 0 Å². The lowest BCUT2D eigenvalue weighted by Gasteiger charge is -2.26. The molecule has 1 saturated heterocycles. The minimum atomic E-state index is -0.809. The maximum atomic E-state index is 13.3. The molecule has 5 rings (SSSR count). The molecule has 0 atom stereocenters. The molecule has 0 spiro atoms. The van der Waals surface area contributed by atoms with Crippen molar-refractivity contribution < 1.29 is 23.9 Å². The molecule has 0 bridgehead atoms. The lowest BCUT2D eigenvalue weighted by Crippen LogP contribution is -2.54. The smallest absolute Gasteiger partial charge is 0.335 e. The number of nitrogens with zero attached hydrogens (tertiary/aromatic N) is 1. The fourth-order valence-corrected chi connectivity index (χ4v) is 4.36. The maximum Gasteiger partial charge on any atom is 0.335 e. The Hall–Kier alpha value is -4.43. The van der Waals surface area contributed by atoms with Crippen molar-refractivity contribution in [2.24, 2.45) is 0 Å². The summed E-state index contributed by atoms with van der Waals surface area (Å²) in [6.45, 7) is 0.258. The van der Waals surface area contributed by atoms with Crippen LogP contribution in [-0.4, -0.2) is 25.0 Å². The molecule has 37 heavy (non-hydrogen) atoms. The second kappa shape index (κ2) is 10.3. The fourth-order valence-electron chi connectivity index (χ4n) is 4.10. The highest BCUT2D eigenvalue weighted by Crippen LogP contribution is 2.30. The second-order valence-electron chi connectivity index (χ2n) is 8.26. The van der Waals surface area contributed by atoms with Gasteiger partial charge in [-0.05, 0) is 58.8 Å². The van der Waals surface area contributed by atoms with Gasteiger partial charge < -0.3 is 9.47 Å². The Balaban J connectivity index is 1.49. The monoisotopic (exact) mass is 556 g/mol. The van der Waals surface area contributed by atoms with Crippen molar-refractivity contribution in [3.8, 4) is 11.5 Å². The Labute approximate surface area is 221 Å². The summed E-state index contributed by atoms with van der Waals surface area (Å²) in [7, 11) is 1.54. The topological polar surface area (TPSA) is 84.9 Å². The van der Waals surface area contributed by atoms with E-state index in [4.69, 9.17) is 9.47 Å². The highest BCUT2D eigenvalue weighted by atomic mass is 79.9. The Kier molecular flexibility index (Phi) is 6.74. The highest BCUT2D eigenvalue weighted by Gasteiger charge is 2.37. The number of carbonyl (C=O) groups is 3. The number of hydrogen-bond acceptors (Lipinski definition) is 5. The van der Waals surface area contributed by atoms with Crippen molar-refractivity contribution in [1.82, 2.24) is 5.32 Å². The summed E-state index contributed by atoms with van der Waals surface area (Å²) in [4.78, 5) is 39.4. The third kappa shape index (κ3) is 4.96. The summed E-state index contributed by atoms with van der Waals surface area (Å²) >= 11 is 3.34. The summed E-state index contributed by atoms with van der Waals surface area (Å²) < 4.78 is 12.3. The van der Waals surface area contributed by atoms with Crippen LogP contribution < -0.4 is 19.7 Å². The van der Waals surface area contributed by atoms with Crippen LogP contribution in [0.3, 0.4) is 0 Å². The number of amides is 4. The maximum absolute atomic E-state index is 13.3. The number of rotatable bonds is 6. The van der Waals surface area contributed by atoms with Gasteiger partial charge in [0.15, 0.2) is 0 Å². The molecule has 8 heteroatoms. The van der Waals surface area contributed by atoms with Crippen LogP contribution in [0.1, 0.15) is 11.1 Å². The third-order valence-corrected chi connectivity index (χ3v) is 6.50. The van der Waals surface area contributed by atoms with Gasteiger partial charge >= 0.3 is 6.03 Å². The number of imide groups is 2. The number of anilines is 1. The number of urea groups is 1. The molecule has 1 aliphatic heterocycles. The first kappa shape index (κ1) is 24.3. The van der Waals surface area contributed by atoms with Gasteiger partial charge in [0.25, 0.3) is 11.8 Å². The zero-order valence-electron chi connectivity index (χ0n) is 19.7. The van der Waals surface area contributed by atoms with Crippen molar-refractivity contribution in [2.75, 3.05) is 12.0 Å². The molecule has 1 N–H and O–H groups in total. The van der Waals surface area contributed by atoms with Crippen molar-refractivity contribution in [2.45, 2.75) is 6.61 Å². The van der Waals surface area contributed by atoms with Crippen LogP contribution >= 0.6 is 15.9 Å². The van der Waals surface area contributed by atoms with Gasteiger partial charge in [-0.2, -0.15) is 0 Å². The average molecular weight is 557 g/mol. The van der Waals surface area contributed by atoms with Gasteiger partial charge in [0.1, 0.15) is 23.7 Å². The number of halogens is 1. The van der Waals surface area contributed by atoms with Crippen molar-refractivity contribution in [3.63, 3.8) is 0 Å². The molecule has 4 amide bonds. The number of fused-ring (bicyclic) bond motifs is 1. The quantitative estimate of drug-likeness (QED) is 0.237. The van der Waals surface area contributed by atoms with Gasteiger partial charge in [0.05, 0.1) is 12.8 Å². The molecule has 0 saturated carbocycles. The summed E-state index contributed by atoms with van der Waals surface area (Å²) in [5.41, 5.74) is 1.62. The van der Waals surface area contributed by atoms with E-state index < -0.39 is 17.8 Å². The third-order valence-electron chi connectivity index (χ3n) is 5.97. The van der Waals surface area contributed by atoms with Crippen molar-refractivity contribution >= 4 is 56.3 Å². The molecule has 7 nitrogen and oxygen atoms in total. The first-order valence-electron chi connectivity index (χ1n) is 11.4. The SMILES string of the molecule is COc1ccc(/C=C2\C(=O)NC(=O)N(c3ccc(Br)cc3)C2=O)c(OCc2cccc3ccccc23)c1. The Bertz CT molecular complexity index is 1560. The van der Waals surface area contributed by atoms with E-state index in [0.717, 1.165) is 25.7 Å². The molecule has 1 heterocycles. The van der Waals surface area contributed by atoms with Gasteiger partial charge in [-0.1, -0.05) is 58.4 Å². The number of hydrogen-bond donors (Lipinski definition) is 1. The van der Waals surface area contributed by atoms with Crippen LogP contribution in [0.2, 0.25) is 0 Å².